The van der Waals surface area contributed by atoms with Crippen molar-refractivity contribution in [2.24, 2.45) is 0 Å². The van der Waals surface area contributed by atoms with Gasteiger partial charge in [0.1, 0.15) is 11.8 Å². The maximum Gasteiger partial charge on any atom is 0.267 e. The van der Waals surface area contributed by atoms with Gasteiger partial charge in [0.2, 0.25) is 5.91 Å². The van der Waals surface area contributed by atoms with Gasteiger partial charge >= 0.3 is 0 Å². The normalized spacial score (nSPS) is 11.6. The average Bonchev–Trinajstić information content (AvgIpc) is 2.72. The van der Waals surface area contributed by atoms with Crippen LogP contribution in [0.5, 0.6) is 5.75 Å². The number of nitrogens with zero attached hydrogens (tertiary/aromatic N) is 2. The second-order valence-electron chi connectivity index (χ2n) is 6.24. The van der Waals surface area contributed by atoms with Crippen molar-refractivity contribution >= 4 is 11.6 Å². The summed E-state index contributed by atoms with van der Waals surface area (Å²) >= 11 is 0. The molecule has 0 saturated heterocycles. The molecule has 0 unspecified atom stereocenters. The van der Waals surface area contributed by atoms with E-state index in [0.717, 1.165) is 11.3 Å². The first-order chi connectivity index (χ1) is 13.6. The van der Waals surface area contributed by atoms with E-state index >= 15 is 0 Å². The number of nitrogens with one attached hydrogen (secondary N) is 1. The topological polar surface area (TPSA) is 73.2 Å². The average molecular weight is 377 g/mol. The van der Waals surface area contributed by atoms with Gasteiger partial charge in [-0.1, -0.05) is 37.3 Å². The van der Waals surface area contributed by atoms with Crippen molar-refractivity contribution in [3.8, 4) is 17.0 Å². The van der Waals surface area contributed by atoms with Crippen molar-refractivity contribution in [2.75, 3.05) is 11.9 Å². The molecule has 2 aromatic carbocycles. The van der Waals surface area contributed by atoms with E-state index in [0.29, 0.717) is 24.4 Å². The van der Waals surface area contributed by atoms with E-state index in [2.05, 4.69) is 10.4 Å². The number of ether oxygens (including phenoxy) is 1. The highest BCUT2D eigenvalue weighted by Crippen LogP contribution is 2.19. The Labute approximate surface area is 163 Å². The Morgan fingerprint density at radius 1 is 1.04 bits per heavy atom. The van der Waals surface area contributed by atoms with Gasteiger partial charge in [0.25, 0.3) is 5.56 Å². The fourth-order valence-corrected chi connectivity index (χ4v) is 2.91. The summed E-state index contributed by atoms with van der Waals surface area (Å²) in [5.74, 6) is 0.451. The molecule has 0 fully saturated rings. The molecule has 3 rings (SSSR count). The molecule has 0 aliphatic carbocycles. The lowest BCUT2D eigenvalue weighted by molar-refractivity contribution is -0.119. The Hall–Kier alpha value is -3.41. The summed E-state index contributed by atoms with van der Waals surface area (Å²) in [5, 5.41) is 7.29. The van der Waals surface area contributed by atoms with Crippen LogP contribution in [0.2, 0.25) is 0 Å². The standard InChI is InChI=1S/C22H23N3O3/c1-3-20(22(27)23-17-10-12-18(13-11-17)28-4-2)25-21(26)15-14-19(24-25)16-8-6-5-7-9-16/h5-15,20H,3-4H2,1-2H3,(H,23,27)/t20-/m0/s1. The quantitative estimate of drug-likeness (QED) is 0.678. The maximum absolute atomic E-state index is 12.8. The van der Waals surface area contributed by atoms with E-state index in [1.807, 2.05) is 44.2 Å². The lowest BCUT2D eigenvalue weighted by atomic mass is 10.1. The highest BCUT2D eigenvalue weighted by Gasteiger charge is 2.21. The first-order valence-electron chi connectivity index (χ1n) is 9.31. The number of hydrogen-bond acceptors (Lipinski definition) is 4. The lowest BCUT2D eigenvalue weighted by Crippen LogP contribution is -2.34. The van der Waals surface area contributed by atoms with Gasteiger partial charge in [-0.05, 0) is 43.7 Å². The molecule has 1 heterocycles. The molecule has 0 spiro atoms. The summed E-state index contributed by atoms with van der Waals surface area (Å²) in [6.45, 7) is 4.34. The molecule has 0 bridgehead atoms. The van der Waals surface area contributed by atoms with Crippen LogP contribution in [0.1, 0.15) is 26.3 Å². The molecule has 1 atom stereocenters. The van der Waals surface area contributed by atoms with Crippen molar-refractivity contribution in [3.05, 3.63) is 77.1 Å². The molecular weight excluding hydrogens is 354 g/mol. The molecule has 1 amide bonds. The molecule has 28 heavy (non-hydrogen) atoms. The minimum atomic E-state index is -0.706. The largest absolute Gasteiger partial charge is 0.494 e. The van der Waals surface area contributed by atoms with Crippen LogP contribution in [-0.4, -0.2) is 22.3 Å². The highest BCUT2D eigenvalue weighted by atomic mass is 16.5. The number of rotatable bonds is 7. The van der Waals surface area contributed by atoms with Gasteiger partial charge < -0.3 is 10.1 Å². The predicted molar refractivity (Wildman–Crippen MR) is 110 cm³/mol. The molecule has 0 aliphatic heterocycles. The van der Waals surface area contributed by atoms with Crippen molar-refractivity contribution in [2.45, 2.75) is 26.3 Å². The molecular formula is C22H23N3O3. The summed E-state index contributed by atoms with van der Waals surface area (Å²) in [6, 6.07) is 19.1. The van der Waals surface area contributed by atoms with E-state index in [1.165, 1.54) is 10.7 Å². The van der Waals surface area contributed by atoms with Gasteiger partial charge in [0.05, 0.1) is 12.3 Å². The minimum absolute atomic E-state index is 0.286. The van der Waals surface area contributed by atoms with E-state index in [-0.39, 0.29) is 11.5 Å². The van der Waals surface area contributed by atoms with Crippen molar-refractivity contribution in [1.82, 2.24) is 9.78 Å². The fraction of sp³-hybridized carbons (Fsp3) is 0.227. The van der Waals surface area contributed by atoms with Gasteiger partial charge in [-0.15, -0.1) is 0 Å². The Bertz CT molecular complexity index is 982. The molecule has 3 aromatic rings. The molecule has 0 saturated carbocycles. The Morgan fingerprint density at radius 3 is 2.39 bits per heavy atom. The zero-order valence-electron chi connectivity index (χ0n) is 16.0. The van der Waals surface area contributed by atoms with Gasteiger partial charge in [-0.2, -0.15) is 5.10 Å². The monoisotopic (exact) mass is 377 g/mol. The SMILES string of the molecule is CCOc1ccc(NC(=O)[C@H](CC)n2nc(-c3ccccc3)ccc2=O)cc1. The number of aromatic nitrogens is 2. The van der Waals surface area contributed by atoms with Crippen molar-refractivity contribution in [3.63, 3.8) is 0 Å². The van der Waals surface area contributed by atoms with E-state index in [9.17, 15) is 9.59 Å². The summed E-state index contributed by atoms with van der Waals surface area (Å²) in [7, 11) is 0. The van der Waals surface area contributed by atoms with Gasteiger partial charge in [0.15, 0.2) is 0 Å². The molecule has 0 aliphatic rings. The van der Waals surface area contributed by atoms with Crippen molar-refractivity contribution < 1.29 is 9.53 Å². The van der Waals surface area contributed by atoms with Crippen LogP contribution in [-0.2, 0) is 4.79 Å². The summed E-state index contributed by atoms with van der Waals surface area (Å²) in [6.07, 6.45) is 0.439. The highest BCUT2D eigenvalue weighted by molar-refractivity contribution is 5.93. The van der Waals surface area contributed by atoms with Crippen LogP contribution < -0.4 is 15.6 Å². The zero-order chi connectivity index (χ0) is 19.9. The number of anilines is 1. The summed E-state index contributed by atoms with van der Waals surface area (Å²) in [4.78, 5) is 25.2. The minimum Gasteiger partial charge on any atom is -0.494 e. The third-order valence-corrected chi connectivity index (χ3v) is 4.31. The summed E-state index contributed by atoms with van der Waals surface area (Å²) < 4.78 is 6.66. The van der Waals surface area contributed by atoms with Crippen LogP contribution in [0.3, 0.4) is 0 Å². The molecule has 6 nitrogen and oxygen atoms in total. The van der Waals surface area contributed by atoms with Gasteiger partial charge in [0, 0.05) is 17.3 Å². The molecule has 6 heteroatoms. The van der Waals surface area contributed by atoms with Gasteiger partial charge in [-0.3, -0.25) is 9.59 Å². The van der Waals surface area contributed by atoms with Gasteiger partial charge in [-0.25, -0.2) is 4.68 Å². The summed E-state index contributed by atoms with van der Waals surface area (Å²) in [5.41, 5.74) is 1.86. The number of carbonyl (C=O) groups is 1. The molecule has 1 aromatic heterocycles. The van der Waals surface area contributed by atoms with Crippen LogP contribution in [0.25, 0.3) is 11.3 Å². The third kappa shape index (κ3) is 4.46. The number of carbonyl (C=O) groups excluding carboxylic acids is 1. The number of hydrogen-bond donors (Lipinski definition) is 1. The van der Waals surface area contributed by atoms with Crippen LogP contribution >= 0.6 is 0 Å². The van der Waals surface area contributed by atoms with Crippen molar-refractivity contribution in [1.29, 1.82) is 0 Å². The van der Waals surface area contributed by atoms with E-state index in [4.69, 9.17) is 4.74 Å². The Morgan fingerprint density at radius 2 is 1.75 bits per heavy atom. The first kappa shape index (κ1) is 19.4. The van der Waals surface area contributed by atoms with E-state index < -0.39 is 6.04 Å². The van der Waals surface area contributed by atoms with Crippen LogP contribution in [0.4, 0.5) is 5.69 Å². The number of benzene rings is 2. The second kappa shape index (κ2) is 8.99. The lowest BCUT2D eigenvalue weighted by Gasteiger charge is -2.17. The smallest absolute Gasteiger partial charge is 0.267 e. The molecule has 1 N–H and O–H groups in total. The second-order valence-corrected chi connectivity index (χ2v) is 6.24. The van der Waals surface area contributed by atoms with E-state index in [1.54, 1.807) is 30.3 Å². The Kier molecular flexibility index (Phi) is 6.22. The third-order valence-electron chi connectivity index (χ3n) is 4.31. The Balaban J connectivity index is 1.84. The molecule has 0 radical (unpaired) electrons. The number of amides is 1. The van der Waals surface area contributed by atoms with Crippen LogP contribution in [0, 0.1) is 0 Å². The first-order valence-corrected chi connectivity index (χ1v) is 9.31. The predicted octanol–water partition coefficient (Wildman–Crippen LogP) is 3.90. The maximum atomic E-state index is 12.8. The fourth-order valence-electron chi connectivity index (χ4n) is 2.91. The van der Waals surface area contributed by atoms with Crippen LogP contribution in [0.15, 0.2) is 71.5 Å². The molecule has 144 valence electrons. The zero-order valence-corrected chi connectivity index (χ0v) is 16.0.